The van der Waals surface area contributed by atoms with Crippen LogP contribution in [0.15, 0.2) is 60.7 Å². The normalized spacial score (nSPS) is 12.4. The van der Waals surface area contributed by atoms with Crippen molar-refractivity contribution in [2.45, 2.75) is 26.9 Å². The molecule has 0 aliphatic carbocycles. The van der Waals surface area contributed by atoms with Gasteiger partial charge in [-0.3, -0.25) is 10.1 Å². The lowest BCUT2D eigenvalue weighted by Gasteiger charge is -2.31. The van der Waals surface area contributed by atoms with Crippen LogP contribution in [-0.4, -0.2) is 28.1 Å². The molecule has 0 heterocycles. The number of hydrogen-bond donors (Lipinski definition) is 3. The molecule has 152 valence electrons. The number of carboxylic acid groups (broad SMARTS) is 1. The van der Waals surface area contributed by atoms with Gasteiger partial charge in [-0.15, -0.1) is 0 Å². The van der Waals surface area contributed by atoms with E-state index in [1.807, 2.05) is 0 Å². The fourth-order valence-corrected chi connectivity index (χ4v) is 2.71. The summed E-state index contributed by atoms with van der Waals surface area (Å²) in [6.07, 6.45) is 0.877. The highest BCUT2D eigenvalue weighted by Crippen LogP contribution is 2.38. The maximum absolute atomic E-state index is 12.5. The van der Waals surface area contributed by atoms with Crippen molar-refractivity contribution in [3.63, 3.8) is 0 Å². The second-order valence-corrected chi connectivity index (χ2v) is 7.13. The molecule has 0 unspecified atom stereocenters. The van der Waals surface area contributed by atoms with Crippen molar-refractivity contribution in [3.8, 4) is 5.75 Å². The van der Waals surface area contributed by atoms with Crippen LogP contribution < -0.4 is 5.32 Å². The van der Waals surface area contributed by atoms with Crippen LogP contribution in [0.5, 0.6) is 5.75 Å². The lowest BCUT2D eigenvalue weighted by Crippen LogP contribution is -2.27. The van der Waals surface area contributed by atoms with E-state index < -0.39 is 23.6 Å². The van der Waals surface area contributed by atoms with Crippen molar-refractivity contribution in [2.75, 3.05) is 5.32 Å². The lowest BCUT2D eigenvalue weighted by atomic mass is 9.82. The molecule has 0 saturated carbocycles. The minimum atomic E-state index is -1.11. The molecule has 0 bridgehead atoms. The largest absolute Gasteiger partial charge is 0.508 e. The summed E-state index contributed by atoms with van der Waals surface area (Å²) in [5.41, 5.74) is 0.699. The summed E-state index contributed by atoms with van der Waals surface area (Å²) in [7, 11) is 0. The van der Waals surface area contributed by atoms with Crippen molar-refractivity contribution in [1.82, 2.24) is 0 Å². The number of anilines is 1. The minimum absolute atomic E-state index is 0.0568. The van der Waals surface area contributed by atoms with E-state index in [-0.39, 0.29) is 11.5 Å². The first-order valence-corrected chi connectivity index (χ1v) is 8.88. The third-order valence-corrected chi connectivity index (χ3v) is 4.29. The minimum Gasteiger partial charge on any atom is -0.508 e. The molecule has 2 aromatic carbocycles. The number of carboxylic acids is 1. The first-order chi connectivity index (χ1) is 13.6. The van der Waals surface area contributed by atoms with Crippen LogP contribution in [0, 0.1) is 5.41 Å². The Morgan fingerprint density at radius 1 is 1.03 bits per heavy atom. The van der Waals surface area contributed by atoms with Crippen LogP contribution in [0.2, 0.25) is 0 Å². The molecule has 2 rings (SSSR count). The van der Waals surface area contributed by atoms with Gasteiger partial charge < -0.3 is 14.9 Å². The number of aromatic hydroxyl groups is 1. The summed E-state index contributed by atoms with van der Waals surface area (Å²) < 4.78 is 5.61. The lowest BCUT2D eigenvalue weighted by molar-refractivity contribution is -0.131. The van der Waals surface area contributed by atoms with Gasteiger partial charge in [-0.2, -0.15) is 0 Å². The highest BCUT2D eigenvalue weighted by atomic mass is 16.6. The van der Waals surface area contributed by atoms with E-state index in [4.69, 9.17) is 9.84 Å². The summed E-state index contributed by atoms with van der Waals surface area (Å²) in [6.45, 7) is 4.92. The Bertz CT molecular complexity index is 913. The van der Waals surface area contributed by atoms with E-state index in [0.717, 1.165) is 6.08 Å². The fourth-order valence-electron chi connectivity index (χ4n) is 2.71. The second-order valence-electron chi connectivity index (χ2n) is 7.13. The number of carbonyl (C=O) groups excluding carboxylic acids is 2. The van der Waals surface area contributed by atoms with Gasteiger partial charge in [-0.25, -0.2) is 9.59 Å². The fraction of sp³-hybridized carbons (Fsp3) is 0.227. The van der Waals surface area contributed by atoms with Crippen LogP contribution in [-0.2, 0) is 9.53 Å². The van der Waals surface area contributed by atoms with E-state index in [1.165, 1.54) is 25.1 Å². The molecular weight excluding hydrogens is 374 g/mol. The molecule has 0 aliphatic heterocycles. The molecule has 0 aromatic heterocycles. The predicted octanol–water partition coefficient (Wildman–Crippen LogP) is 4.55. The number of amides is 1. The molecule has 1 amide bonds. The van der Waals surface area contributed by atoms with Crippen LogP contribution >= 0.6 is 0 Å². The number of phenolic OH excluding ortho intramolecular Hbond substituents is 1. The Kier molecular flexibility index (Phi) is 6.77. The number of ketones is 1. The molecule has 7 nitrogen and oxygen atoms in total. The number of aliphatic carboxylic acids is 1. The highest BCUT2D eigenvalue weighted by Gasteiger charge is 2.32. The number of ether oxygens (including phenoxy) is 1. The molecular formula is C22H23NO6. The van der Waals surface area contributed by atoms with Crippen LogP contribution in [0.3, 0.4) is 0 Å². The number of rotatable bonds is 7. The van der Waals surface area contributed by atoms with Crippen molar-refractivity contribution >= 4 is 23.5 Å². The van der Waals surface area contributed by atoms with Crippen LogP contribution in [0.4, 0.5) is 10.5 Å². The SMILES string of the molecule is CC(=O)c1ccc(NC(=O)O[C@H](c2ccc(O)cc2)C(C)(C)/C=C/C(=O)O)cc1. The smallest absolute Gasteiger partial charge is 0.412 e. The van der Waals surface area contributed by atoms with Gasteiger partial charge in [-0.05, 0) is 48.9 Å². The van der Waals surface area contributed by atoms with Crippen molar-refractivity contribution in [3.05, 3.63) is 71.8 Å². The van der Waals surface area contributed by atoms with Gasteiger partial charge >= 0.3 is 12.1 Å². The number of benzene rings is 2. The van der Waals surface area contributed by atoms with Crippen molar-refractivity contribution in [2.24, 2.45) is 5.41 Å². The monoisotopic (exact) mass is 397 g/mol. The average molecular weight is 397 g/mol. The summed E-state index contributed by atoms with van der Waals surface area (Å²) in [5, 5.41) is 21.1. The molecule has 0 aliphatic rings. The summed E-state index contributed by atoms with van der Waals surface area (Å²) in [5.74, 6) is -1.14. The van der Waals surface area contributed by atoms with E-state index in [2.05, 4.69) is 5.32 Å². The van der Waals surface area contributed by atoms with Gasteiger partial charge in [0.05, 0.1) is 0 Å². The van der Waals surface area contributed by atoms with Gasteiger partial charge in [0.2, 0.25) is 0 Å². The van der Waals surface area contributed by atoms with E-state index >= 15 is 0 Å². The Balaban J connectivity index is 2.24. The molecule has 1 atom stereocenters. The zero-order valence-corrected chi connectivity index (χ0v) is 16.4. The number of hydrogen-bond acceptors (Lipinski definition) is 5. The molecule has 0 radical (unpaired) electrons. The van der Waals surface area contributed by atoms with E-state index in [9.17, 15) is 19.5 Å². The molecule has 0 spiro atoms. The van der Waals surface area contributed by atoms with Crippen LogP contribution in [0.25, 0.3) is 0 Å². The first kappa shape index (κ1) is 21.7. The Morgan fingerprint density at radius 3 is 2.14 bits per heavy atom. The first-order valence-electron chi connectivity index (χ1n) is 8.88. The quantitative estimate of drug-likeness (QED) is 0.467. The number of phenols is 1. The second kappa shape index (κ2) is 9.05. The topological polar surface area (TPSA) is 113 Å². The molecule has 0 saturated heterocycles. The molecule has 29 heavy (non-hydrogen) atoms. The summed E-state index contributed by atoms with van der Waals surface area (Å²) in [6, 6.07) is 12.5. The predicted molar refractivity (Wildman–Crippen MR) is 108 cm³/mol. The van der Waals surface area contributed by atoms with Crippen molar-refractivity contribution in [1.29, 1.82) is 0 Å². The van der Waals surface area contributed by atoms with Gasteiger partial charge in [0.1, 0.15) is 11.9 Å². The Labute approximate surface area is 168 Å². The third-order valence-electron chi connectivity index (χ3n) is 4.29. The molecule has 3 N–H and O–H groups in total. The van der Waals surface area contributed by atoms with E-state index in [0.29, 0.717) is 16.8 Å². The zero-order valence-electron chi connectivity index (χ0n) is 16.4. The molecule has 2 aromatic rings. The summed E-state index contributed by atoms with van der Waals surface area (Å²) >= 11 is 0. The standard InChI is InChI=1S/C22H23NO6/c1-14(24)15-4-8-17(9-5-15)23-21(28)29-20(16-6-10-18(25)11-7-16)22(2,3)13-12-19(26)27/h4-13,20,25H,1-3H3,(H,23,28)(H,26,27)/b13-12+/t20-/m1/s1. The Hall–Kier alpha value is -3.61. The maximum atomic E-state index is 12.5. The molecule has 0 fully saturated rings. The van der Waals surface area contributed by atoms with Gasteiger partial charge in [0.25, 0.3) is 0 Å². The third kappa shape index (κ3) is 6.21. The summed E-state index contributed by atoms with van der Waals surface area (Å²) in [4.78, 5) is 34.7. The zero-order chi connectivity index (χ0) is 21.6. The maximum Gasteiger partial charge on any atom is 0.412 e. The Morgan fingerprint density at radius 2 is 1.62 bits per heavy atom. The van der Waals surface area contributed by atoms with Gasteiger partial charge in [0, 0.05) is 22.7 Å². The van der Waals surface area contributed by atoms with Crippen molar-refractivity contribution < 1.29 is 29.3 Å². The van der Waals surface area contributed by atoms with E-state index in [1.54, 1.807) is 50.2 Å². The van der Waals surface area contributed by atoms with Gasteiger partial charge in [-0.1, -0.05) is 32.1 Å². The number of nitrogens with one attached hydrogen (secondary N) is 1. The highest BCUT2D eigenvalue weighted by molar-refractivity contribution is 5.95. The molecule has 7 heteroatoms. The number of Topliss-reactive ketones (excluding diaryl/α,β-unsaturated/α-hetero) is 1. The average Bonchev–Trinajstić information content (AvgIpc) is 2.66. The van der Waals surface area contributed by atoms with Gasteiger partial charge in [0.15, 0.2) is 5.78 Å². The van der Waals surface area contributed by atoms with Crippen LogP contribution in [0.1, 0.15) is 42.8 Å². The number of carbonyl (C=O) groups is 3.